The van der Waals surface area contributed by atoms with Crippen molar-refractivity contribution in [2.45, 2.75) is 13.8 Å². The SMILES string of the molecule is Cc1ccc(C)c(-c2nonc2NC(=O)c2cccs2)c1. The van der Waals surface area contributed by atoms with Crippen LogP contribution in [0.5, 0.6) is 0 Å². The minimum atomic E-state index is -0.216. The van der Waals surface area contributed by atoms with E-state index in [1.165, 1.54) is 11.3 Å². The van der Waals surface area contributed by atoms with E-state index < -0.39 is 0 Å². The number of nitrogens with zero attached hydrogens (tertiary/aromatic N) is 2. The fourth-order valence-corrected chi connectivity index (χ4v) is 2.63. The quantitative estimate of drug-likeness (QED) is 0.801. The van der Waals surface area contributed by atoms with Crippen molar-refractivity contribution in [1.82, 2.24) is 10.3 Å². The van der Waals surface area contributed by atoms with Gasteiger partial charge in [0.25, 0.3) is 5.91 Å². The molecule has 2 heterocycles. The van der Waals surface area contributed by atoms with Gasteiger partial charge in [-0.15, -0.1) is 11.3 Å². The summed E-state index contributed by atoms with van der Waals surface area (Å²) in [6, 6.07) is 9.60. The zero-order chi connectivity index (χ0) is 14.8. The van der Waals surface area contributed by atoms with Crippen molar-refractivity contribution < 1.29 is 9.42 Å². The maximum Gasteiger partial charge on any atom is 0.267 e. The Labute approximate surface area is 125 Å². The Balaban J connectivity index is 1.94. The van der Waals surface area contributed by atoms with Crippen LogP contribution in [0.1, 0.15) is 20.8 Å². The minimum Gasteiger partial charge on any atom is -0.301 e. The lowest BCUT2D eigenvalue weighted by atomic mass is 10.0. The number of rotatable bonds is 3. The molecule has 0 aliphatic carbocycles. The Bertz CT molecular complexity index is 778. The van der Waals surface area contributed by atoms with E-state index in [1.54, 1.807) is 6.07 Å². The lowest BCUT2D eigenvalue weighted by Crippen LogP contribution is -2.11. The molecule has 3 rings (SSSR count). The molecule has 0 aliphatic rings. The Kier molecular flexibility index (Phi) is 3.53. The Morgan fingerprint density at radius 2 is 2.10 bits per heavy atom. The Morgan fingerprint density at radius 1 is 1.24 bits per heavy atom. The number of anilines is 1. The zero-order valence-electron chi connectivity index (χ0n) is 11.6. The third-order valence-corrected chi connectivity index (χ3v) is 3.98. The highest BCUT2D eigenvalue weighted by atomic mass is 32.1. The van der Waals surface area contributed by atoms with Crippen LogP contribution < -0.4 is 5.32 Å². The molecule has 1 amide bonds. The molecule has 2 aromatic heterocycles. The van der Waals surface area contributed by atoms with E-state index in [1.807, 2.05) is 43.5 Å². The van der Waals surface area contributed by atoms with Crippen LogP contribution in [0.25, 0.3) is 11.3 Å². The van der Waals surface area contributed by atoms with Crippen LogP contribution in [0.4, 0.5) is 5.82 Å². The molecular formula is C15H13N3O2S. The molecule has 106 valence electrons. The fourth-order valence-electron chi connectivity index (χ4n) is 2.02. The molecule has 5 nitrogen and oxygen atoms in total. The molecule has 0 aliphatic heterocycles. The third kappa shape index (κ3) is 2.71. The van der Waals surface area contributed by atoms with E-state index in [-0.39, 0.29) is 5.91 Å². The van der Waals surface area contributed by atoms with Crippen LogP contribution >= 0.6 is 11.3 Å². The predicted molar refractivity (Wildman–Crippen MR) is 81.5 cm³/mol. The number of nitrogens with one attached hydrogen (secondary N) is 1. The summed E-state index contributed by atoms with van der Waals surface area (Å²) in [5, 5.41) is 12.3. The smallest absolute Gasteiger partial charge is 0.267 e. The number of carbonyl (C=O) groups is 1. The summed E-state index contributed by atoms with van der Waals surface area (Å²) in [7, 11) is 0. The van der Waals surface area contributed by atoms with Gasteiger partial charge in [0.2, 0.25) is 5.82 Å². The van der Waals surface area contributed by atoms with Gasteiger partial charge in [-0.25, -0.2) is 4.63 Å². The van der Waals surface area contributed by atoms with Gasteiger partial charge in [-0.2, -0.15) is 0 Å². The van der Waals surface area contributed by atoms with E-state index in [2.05, 4.69) is 15.6 Å². The lowest BCUT2D eigenvalue weighted by Gasteiger charge is -2.05. The maximum absolute atomic E-state index is 12.1. The maximum atomic E-state index is 12.1. The summed E-state index contributed by atoms with van der Waals surface area (Å²) >= 11 is 1.37. The molecule has 0 saturated carbocycles. The van der Waals surface area contributed by atoms with Crippen molar-refractivity contribution in [3.8, 4) is 11.3 Å². The topological polar surface area (TPSA) is 68.0 Å². The highest BCUT2D eigenvalue weighted by Crippen LogP contribution is 2.28. The summed E-state index contributed by atoms with van der Waals surface area (Å²) in [5.41, 5.74) is 3.59. The highest BCUT2D eigenvalue weighted by molar-refractivity contribution is 7.12. The van der Waals surface area contributed by atoms with Crippen molar-refractivity contribution in [3.05, 3.63) is 51.7 Å². The molecular weight excluding hydrogens is 286 g/mol. The Hall–Kier alpha value is -2.47. The third-order valence-electron chi connectivity index (χ3n) is 3.11. The van der Waals surface area contributed by atoms with E-state index in [0.717, 1.165) is 16.7 Å². The second kappa shape index (κ2) is 5.49. The van der Waals surface area contributed by atoms with Gasteiger partial charge in [0.1, 0.15) is 0 Å². The van der Waals surface area contributed by atoms with Gasteiger partial charge in [-0.1, -0.05) is 23.8 Å². The largest absolute Gasteiger partial charge is 0.301 e. The molecule has 0 unspecified atom stereocenters. The fraction of sp³-hybridized carbons (Fsp3) is 0.133. The van der Waals surface area contributed by atoms with Gasteiger partial charge >= 0.3 is 0 Å². The second-order valence-corrected chi connectivity index (χ2v) is 5.66. The summed E-state index contributed by atoms with van der Waals surface area (Å²) in [6.07, 6.45) is 0. The van der Waals surface area contributed by atoms with Gasteiger partial charge in [-0.05, 0) is 47.2 Å². The summed E-state index contributed by atoms with van der Waals surface area (Å²) in [6.45, 7) is 3.98. The van der Waals surface area contributed by atoms with Crippen LogP contribution in [-0.4, -0.2) is 16.2 Å². The molecule has 0 saturated heterocycles. The van der Waals surface area contributed by atoms with Crippen LogP contribution in [0.2, 0.25) is 0 Å². The van der Waals surface area contributed by atoms with Crippen molar-refractivity contribution >= 4 is 23.1 Å². The molecule has 1 N–H and O–H groups in total. The first-order valence-electron chi connectivity index (χ1n) is 6.40. The van der Waals surface area contributed by atoms with Gasteiger partial charge < -0.3 is 5.32 Å². The molecule has 0 spiro atoms. The van der Waals surface area contributed by atoms with Crippen molar-refractivity contribution in [3.63, 3.8) is 0 Å². The number of thiophene rings is 1. The van der Waals surface area contributed by atoms with Crippen LogP contribution in [0.3, 0.4) is 0 Å². The summed E-state index contributed by atoms with van der Waals surface area (Å²) in [5.74, 6) is 0.120. The van der Waals surface area contributed by atoms with E-state index in [0.29, 0.717) is 16.4 Å². The van der Waals surface area contributed by atoms with Crippen molar-refractivity contribution in [2.75, 3.05) is 5.32 Å². The molecule has 0 radical (unpaired) electrons. The predicted octanol–water partition coefficient (Wildman–Crippen LogP) is 3.67. The Morgan fingerprint density at radius 3 is 2.86 bits per heavy atom. The van der Waals surface area contributed by atoms with Crippen molar-refractivity contribution in [1.29, 1.82) is 0 Å². The number of aromatic nitrogens is 2. The van der Waals surface area contributed by atoms with Crippen LogP contribution in [-0.2, 0) is 0 Å². The first kappa shape index (κ1) is 13.5. The van der Waals surface area contributed by atoms with E-state index in [4.69, 9.17) is 4.63 Å². The monoisotopic (exact) mass is 299 g/mol. The molecule has 3 aromatic rings. The summed E-state index contributed by atoms with van der Waals surface area (Å²) < 4.78 is 4.80. The van der Waals surface area contributed by atoms with Gasteiger partial charge in [0.05, 0.1) is 4.88 Å². The number of amides is 1. The van der Waals surface area contributed by atoms with Crippen LogP contribution in [0, 0.1) is 13.8 Å². The van der Waals surface area contributed by atoms with Gasteiger partial charge in [0.15, 0.2) is 5.69 Å². The minimum absolute atomic E-state index is 0.216. The van der Waals surface area contributed by atoms with Crippen molar-refractivity contribution in [2.24, 2.45) is 0 Å². The van der Waals surface area contributed by atoms with Crippen LogP contribution in [0.15, 0.2) is 40.3 Å². The normalized spacial score (nSPS) is 10.6. The number of benzene rings is 1. The lowest BCUT2D eigenvalue weighted by molar-refractivity contribution is 0.102. The second-order valence-electron chi connectivity index (χ2n) is 4.71. The first-order valence-corrected chi connectivity index (χ1v) is 7.28. The zero-order valence-corrected chi connectivity index (χ0v) is 12.4. The number of hydrogen-bond donors (Lipinski definition) is 1. The first-order chi connectivity index (χ1) is 10.1. The van der Waals surface area contributed by atoms with Gasteiger partial charge in [0, 0.05) is 5.56 Å². The number of carbonyl (C=O) groups excluding carboxylic acids is 1. The summed E-state index contributed by atoms with van der Waals surface area (Å²) in [4.78, 5) is 12.7. The molecule has 6 heteroatoms. The molecule has 21 heavy (non-hydrogen) atoms. The van der Waals surface area contributed by atoms with E-state index >= 15 is 0 Å². The molecule has 0 atom stereocenters. The highest BCUT2D eigenvalue weighted by Gasteiger charge is 2.18. The standard InChI is InChI=1S/C15H13N3O2S/c1-9-5-6-10(2)11(8-9)13-14(18-20-17-13)16-15(19)12-4-3-7-21-12/h3-8H,1-2H3,(H,16,18,19). The average molecular weight is 299 g/mol. The molecule has 0 bridgehead atoms. The van der Waals surface area contributed by atoms with Gasteiger partial charge in [-0.3, -0.25) is 4.79 Å². The molecule has 0 fully saturated rings. The molecule has 1 aromatic carbocycles. The average Bonchev–Trinajstić information content (AvgIpc) is 3.12. The number of hydrogen-bond acceptors (Lipinski definition) is 5. The number of aryl methyl sites for hydroxylation is 2. The van der Waals surface area contributed by atoms with E-state index in [9.17, 15) is 4.79 Å².